The SMILES string of the molecule is O=C(C[C@@H](Cc1cccc2ccccc12)n1cc(CNC(=O)c2ccc(F)c(F)c2)nn1)NO. The minimum atomic E-state index is -1.11. The number of hydroxylamine groups is 1. The number of benzene rings is 3. The highest BCUT2D eigenvalue weighted by molar-refractivity contribution is 5.94. The van der Waals surface area contributed by atoms with Crippen molar-refractivity contribution in [1.29, 1.82) is 0 Å². The van der Waals surface area contributed by atoms with Crippen LogP contribution in [0, 0.1) is 11.6 Å². The van der Waals surface area contributed by atoms with Crippen LogP contribution >= 0.6 is 0 Å². The number of hydrogen-bond donors (Lipinski definition) is 3. The van der Waals surface area contributed by atoms with Crippen molar-refractivity contribution in [3.05, 3.63) is 95.3 Å². The molecular weight excluding hydrogens is 444 g/mol. The Balaban J connectivity index is 1.50. The van der Waals surface area contributed by atoms with Crippen molar-refractivity contribution < 1.29 is 23.6 Å². The number of rotatable bonds is 8. The fraction of sp³-hybridized carbons (Fsp3) is 0.167. The molecule has 0 radical (unpaired) electrons. The summed E-state index contributed by atoms with van der Waals surface area (Å²) >= 11 is 0. The molecule has 0 saturated heterocycles. The lowest BCUT2D eigenvalue weighted by molar-refractivity contribution is -0.130. The van der Waals surface area contributed by atoms with Crippen LogP contribution in [0.25, 0.3) is 10.8 Å². The predicted octanol–water partition coefficient (Wildman–Crippen LogP) is 3.32. The van der Waals surface area contributed by atoms with Gasteiger partial charge in [-0.05, 0) is 41.0 Å². The van der Waals surface area contributed by atoms with E-state index in [9.17, 15) is 18.4 Å². The molecule has 3 aromatic carbocycles. The zero-order valence-electron chi connectivity index (χ0n) is 17.9. The van der Waals surface area contributed by atoms with Crippen molar-refractivity contribution in [1.82, 2.24) is 25.8 Å². The van der Waals surface area contributed by atoms with E-state index < -0.39 is 29.5 Å². The lowest BCUT2D eigenvalue weighted by Gasteiger charge is -2.17. The summed E-state index contributed by atoms with van der Waals surface area (Å²) in [5, 5.41) is 21.8. The van der Waals surface area contributed by atoms with Gasteiger partial charge in [-0.25, -0.2) is 18.9 Å². The van der Waals surface area contributed by atoms with Crippen molar-refractivity contribution in [3.8, 4) is 0 Å². The smallest absolute Gasteiger partial charge is 0.251 e. The monoisotopic (exact) mass is 465 g/mol. The minimum Gasteiger partial charge on any atom is -0.346 e. The fourth-order valence-electron chi connectivity index (χ4n) is 3.73. The number of nitrogens with one attached hydrogen (secondary N) is 2. The van der Waals surface area contributed by atoms with Crippen molar-refractivity contribution in [2.45, 2.75) is 25.4 Å². The van der Waals surface area contributed by atoms with Crippen molar-refractivity contribution in [2.24, 2.45) is 0 Å². The Bertz CT molecular complexity index is 1340. The molecule has 0 aliphatic rings. The molecule has 10 heteroatoms. The molecule has 34 heavy (non-hydrogen) atoms. The number of halogens is 2. The van der Waals surface area contributed by atoms with Gasteiger partial charge in [-0.1, -0.05) is 47.7 Å². The number of carbonyl (C=O) groups excluding carboxylic acids is 2. The Labute approximate surface area is 193 Å². The maximum Gasteiger partial charge on any atom is 0.251 e. The Morgan fingerprint density at radius 3 is 2.62 bits per heavy atom. The van der Waals surface area contributed by atoms with E-state index in [2.05, 4.69) is 15.6 Å². The van der Waals surface area contributed by atoms with Crippen LogP contribution in [0.1, 0.15) is 34.1 Å². The molecule has 3 N–H and O–H groups in total. The molecule has 4 rings (SSSR count). The lowest BCUT2D eigenvalue weighted by atomic mass is 9.97. The van der Waals surface area contributed by atoms with Crippen molar-refractivity contribution in [2.75, 3.05) is 0 Å². The van der Waals surface area contributed by atoms with Gasteiger partial charge in [-0.15, -0.1) is 5.10 Å². The van der Waals surface area contributed by atoms with Gasteiger partial charge in [-0.2, -0.15) is 0 Å². The van der Waals surface area contributed by atoms with E-state index in [0.29, 0.717) is 12.1 Å². The van der Waals surface area contributed by atoms with Gasteiger partial charge in [0.25, 0.3) is 5.91 Å². The third-order valence-electron chi connectivity index (χ3n) is 5.42. The molecule has 0 saturated carbocycles. The van der Waals surface area contributed by atoms with Crippen LogP contribution in [0.2, 0.25) is 0 Å². The van der Waals surface area contributed by atoms with E-state index in [1.807, 2.05) is 42.5 Å². The highest BCUT2D eigenvalue weighted by Gasteiger charge is 2.20. The number of aromatic nitrogens is 3. The maximum absolute atomic E-state index is 13.4. The van der Waals surface area contributed by atoms with Gasteiger partial charge < -0.3 is 5.32 Å². The predicted molar refractivity (Wildman–Crippen MR) is 119 cm³/mol. The van der Waals surface area contributed by atoms with Gasteiger partial charge >= 0.3 is 0 Å². The molecule has 0 unspecified atom stereocenters. The topological polar surface area (TPSA) is 109 Å². The zero-order chi connectivity index (χ0) is 24.1. The number of carbonyl (C=O) groups is 2. The van der Waals surface area contributed by atoms with Gasteiger partial charge in [0.05, 0.1) is 25.2 Å². The first-order valence-electron chi connectivity index (χ1n) is 10.5. The third kappa shape index (κ3) is 5.24. The summed E-state index contributed by atoms with van der Waals surface area (Å²) in [7, 11) is 0. The Kier molecular flexibility index (Phi) is 6.88. The van der Waals surface area contributed by atoms with Crippen LogP contribution in [0.5, 0.6) is 0 Å². The molecule has 8 nitrogen and oxygen atoms in total. The summed E-state index contributed by atoms with van der Waals surface area (Å²) in [6.45, 7) is -0.00892. The fourth-order valence-corrected chi connectivity index (χ4v) is 3.73. The van der Waals surface area contributed by atoms with Crippen molar-refractivity contribution in [3.63, 3.8) is 0 Å². The van der Waals surface area contributed by atoms with Crippen LogP contribution in [0.3, 0.4) is 0 Å². The average molecular weight is 465 g/mol. The van der Waals surface area contributed by atoms with Crippen LogP contribution in [-0.2, 0) is 17.8 Å². The van der Waals surface area contributed by atoms with E-state index in [1.165, 1.54) is 10.7 Å². The molecule has 0 bridgehead atoms. The molecule has 0 aliphatic heterocycles. The van der Waals surface area contributed by atoms with E-state index in [1.54, 1.807) is 11.7 Å². The van der Waals surface area contributed by atoms with E-state index in [4.69, 9.17) is 5.21 Å². The Hall–Kier alpha value is -4.18. The largest absolute Gasteiger partial charge is 0.346 e. The standard InChI is InChI=1S/C24H21F2N5O3/c25-21-9-8-17(11-22(21)26)24(33)27-13-18-14-31(30-28-18)19(12-23(32)29-34)10-16-6-3-5-15-4-1-2-7-20(15)16/h1-9,11,14,19,34H,10,12-13H2,(H,27,33)(H,29,32)/t19-/m1/s1. The first kappa shape index (κ1) is 23.0. The molecule has 1 heterocycles. The summed E-state index contributed by atoms with van der Waals surface area (Å²) in [6.07, 6.45) is 1.98. The lowest BCUT2D eigenvalue weighted by Crippen LogP contribution is -2.25. The van der Waals surface area contributed by atoms with Crippen LogP contribution in [0.4, 0.5) is 8.78 Å². The summed E-state index contributed by atoms with van der Waals surface area (Å²) in [5.41, 5.74) is 3.02. The van der Waals surface area contributed by atoms with Gasteiger partial charge in [0.15, 0.2) is 11.6 Å². The molecule has 2 amide bonds. The number of amides is 2. The van der Waals surface area contributed by atoms with E-state index in [0.717, 1.165) is 28.5 Å². The molecule has 0 fully saturated rings. The second-order valence-electron chi connectivity index (χ2n) is 7.74. The van der Waals surface area contributed by atoms with Crippen LogP contribution in [-0.4, -0.2) is 32.0 Å². The average Bonchev–Trinajstić information content (AvgIpc) is 3.33. The first-order chi connectivity index (χ1) is 16.4. The number of hydrogen-bond acceptors (Lipinski definition) is 5. The first-order valence-corrected chi connectivity index (χ1v) is 10.5. The third-order valence-corrected chi connectivity index (χ3v) is 5.42. The molecule has 1 aromatic heterocycles. The molecule has 0 aliphatic carbocycles. The second-order valence-corrected chi connectivity index (χ2v) is 7.74. The summed E-state index contributed by atoms with van der Waals surface area (Å²) in [6, 6.07) is 16.2. The summed E-state index contributed by atoms with van der Waals surface area (Å²) < 4.78 is 28.0. The Morgan fingerprint density at radius 2 is 1.82 bits per heavy atom. The van der Waals surface area contributed by atoms with Gasteiger partial charge in [0, 0.05) is 5.56 Å². The Morgan fingerprint density at radius 1 is 1.03 bits per heavy atom. The number of fused-ring (bicyclic) bond motifs is 1. The zero-order valence-corrected chi connectivity index (χ0v) is 17.9. The summed E-state index contributed by atoms with van der Waals surface area (Å²) in [4.78, 5) is 24.2. The van der Waals surface area contributed by atoms with Gasteiger partial charge in [0.2, 0.25) is 5.91 Å². The van der Waals surface area contributed by atoms with Crippen molar-refractivity contribution >= 4 is 22.6 Å². The normalized spacial score (nSPS) is 11.9. The summed E-state index contributed by atoms with van der Waals surface area (Å²) in [5.74, 6) is -3.32. The number of nitrogens with zero attached hydrogens (tertiary/aromatic N) is 3. The highest BCUT2D eigenvalue weighted by atomic mass is 19.2. The minimum absolute atomic E-state index is 0.00892. The molecule has 4 aromatic rings. The highest BCUT2D eigenvalue weighted by Crippen LogP contribution is 2.24. The molecule has 174 valence electrons. The van der Waals surface area contributed by atoms with Crippen LogP contribution < -0.4 is 10.8 Å². The van der Waals surface area contributed by atoms with Gasteiger partial charge in [0.1, 0.15) is 5.69 Å². The molecule has 1 atom stereocenters. The van der Waals surface area contributed by atoms with Gasteiger partial charge in [-0.3, -0.25) is 14.8 Å². The van der Waals surface area contributed by atoms with E-state index >= 15 is 0 Å². The van der Waals surface area contributed by atoms with Crippen LogP contribution in [0.15, 0.2) is 66.9 Å². The van der Waals surface area contributed by atoms with E-state index in [-0.39, 0.29) is 18.5 Å². The second kappa shape index (κ2) is 10.2. The quantitative estimate of drug-likeness (QED) is 0.273. The molecule has 0 spiro atoms. The molecular formula is C24H21F2N5O3. The maximum atomic E-state index is 13.4.